The maximum Gasteiger partial charge on any atom is 0.244 e. The van der Waals surface area contributed by atoms with Crippen LogP contribution >= 0.6 is 0 Å². The van der Waals surface area contributed by atoms with E-state index in [1.807, 2.05) is 25.1 Å². The minimum Gasteiger partial charge on any atom is -0.393 e. The Hall–Kier alpha value is -2.18. The first kappa shape index (κ1) is 16.7. The molecule has 3 rings (SSSR count). The molecular formula is C18H23N3O3. The first-order valence-corrected chi connectivity index (χ1v) is 8.16. The van der Waals surface area contributed by atoms with Crippen molar-refractivity contribution >= 4 is 5.91 Å². The molecule has 2 aromatic rings. The summed E-state index contributed by atoms with van der Waals surface area (Å²) in [6, 6.07) is 9.95. The van der Waals surface area contributed by atoms with Crippen LogP contribution in [0.1, 0.15) is 11.1 Å². The van der Waals surface area contributed by atoms with Crippen molar-refractivity contribution in [2.24, 2.45) is 0 Å². The number of carbonyl (C=O) groups is 1. The summed E-state index contributed by atoms with van der Waals surface area (Å²) in [7, 11) is 0. The van der Waals surface area contributed by atoms with E-state index in [0.29, 0.717) is 26.1 Å². The lowest BCUT2D eigenvalue weighted by Gasteiger charge is -2.42. The fourth-order valence-electron chi connectivity index (χ4n) is 3.14. The molecule has 6 heteroatoms. The minimum atomic E-state index is -0.744. The van der Waals surface area contributed by atoms with Gasteiger partial charge in [-0.05, 0) is 18.6 Å². The maximum atomic E-state index is 12.5. The van der Waals surface area contributed by atoms with E-state index in [1.54, 1.807) is 28.0 Å². The Kier molecular flexibility index (Phi) is 4.97. The molecule has 1 N–H and O–H groups in total. The number of aromatic nitrogens is 2. The number of nitrogens with zero attached hydrogens (tertiary/aromatic N) is 3. The lowest BCUT2D eigenvalue weighted by atomic mass is 9.92. The number of aliphatic hydroxyl groups is 1. The van der Waals surface area contributed by atoms with Crippen LogP contribution in [0.5, 0.6) is 0 Å². The van der Waals surface area contributed by atoms with Crippen LogP contribution in [0.25, 0.3) is 0 Å². The summed E-state index contributed by atoms with van der Waals surface area (Å²) in [5.74, 6) is -0.0101. The molecule has 1 atom stereocenters. The van der Waals surface area contributed by atoms with Gasteiger partial charge in [0.2, 0.25) is 5.91 Å². The van der Waals surface area contributed by atoms with Gasteiger partial charge in [0.15, 0.2) is 0 Å². The number of benzene rings is 1. The number of aryl methyl sites for hydroxylation is 1. The Morgan fingerprint density at radius 2 is 2.29 bits per heavy atom. The number of carbonyl (C=O) groups excluding carboxylic acids is 1. The Bertz CT molecular complexity index is 687. The zero-order valence-electron chi connectivity index (χ0n) is 13.9. The first-order valence-electron chi connectivity index (χ1n) is 8.16. The van der Waals surface area contributed by atoms with Gasteiger partial charge >= 0.3 is 0 Å². The van der Waals surface area contributed by atoms with E-state index >= 15 is 0 Å². The third-order valence-electron chi connectivity index (χ3n) is 4.35. The van der Waals surface area contributed by atoms with E-state index in [9.17, 15) is 9.90 Å². The minimum absolute atomic E-state index is 0.0101. The van der Waals surface area contributed by atoms with Crippen LogP contribution in [-0.4, -0.2) is 57.6 Å². The molecule has 1 amide bonds. The van der Waals surface area contributed by atoms with E-state index < -0.39 is 5.60 Å². The summed E-state index contributed by atoms with van der Waals surface area (Å²) in [4.78, 5) is 14.3. The summed E-state index contributed by atoms with van der Waals surface area (Å²) < 4.78 is 7.52. The second-order valence-corrected chi connectivity index (χ2v) is 6.37. The van der Waals surface area contributed by atoms with E-state index in [-0.39, 0.29) is 19.1 Å². The quantitative estimate of drug-likeness (QED) is 0.889. The SMILES string of the molecule is Cc1cccc(C[C@]2(CO)CN(C(=O)Cn3cccn3)CCO2)c1. The smallest absolute Gasteiger partial charge is 0.244 e. The summed E-state index contributed by atoms with van der Waals surface area (Å²) >= 11 is 0. The molecule has 0 aliphatic carbocycles. The average Bonchev–Trinajstić information content (AvgIpc) is 3.08. The van der Waals surface area contributed by atoms with E-state index in [0.717, 1.165) is 5.56 Å². The fraction of sp³-hybridized carbons (Fsp3) is 0.444. The highest BCUT2D eigenvalue weighted by Gasteiger charge is 2.38. The number of hydrogen-bond donors (Lipinski definition) is 1. The lowest BCUT2D eigenvalue weighted by Crippen LogP contribution is -2.57. The molecule has 0 bridgehead atoms. The zero-order valence-corrected chi connectivity index (χ0v) is 13.9. The van der Waals surface area contributed by atoms with Gasteiger partial charge in [0.05, 0.1) is 19.8 Å². The number of hydrogen-bond acceptors (Lipinski definition) is 4. The normalized spacial score (nSPS) is 21.0. The number of aliphatic hydroxyl groups excluding tert-OH is 1. The third kappa shape index (κ3) is 3.83. The summed E-state index contributed by atoms with van der Waals surface area (Å²) in [6.45, 7) is 3.48. The number of rotatable bonds is 5. The highest BCUT2D eigenvalue weighted by Crippen LogP contribution is 2.24. The van der Waals surface area contributed by atoms with Crippen molar-refractivity contribution in [1.29, 1.82) is 0 Å². The van der Waals surface area contributed by atoms with Crippen LogP contribution in [0.3, 0.4) is 0 Å². The predicted octanol–water partition coefficient (Wildman–Crippen LogP) is 1.02. The van der Waals surface area contributed by atoms with Gasteiger partial charge in [0.25, 0.3) is 0 Å². The van der Waals surface area contributed by atoms with Crippen molar-refractivity contribution in [2.45, 2.75) is 25.5 Å². The fourth-order valence-corrected chi connectivity index (χ4v) is 3.14. The molecule has 0 unspecified atom stereocenters. The van der Waals surface area contributed by atoms with Gasteiger partial charge in [-0.3, -0.25) is 9.48 Å². The molecule has 1 aromatic heterocycles. The van der Waals surface area contributed by atoms with Crippen molar-refractivity contribution in [1.82, 2.24) is 14.7 Å². The Morgan fingerprint density at radius 1 is 1.42 bits per heavy atom. The van der Waals surface area contributed by atoms with Gasteiger partial charge < -0.3 is 14.7 Å². The third-order valence-corrected chi connectivity index (χ3v) is 4.35. The summed E-state index contributed by atoms with van der Waals surface area (Å²) in [5.41, 5.74) is 1.53. The molecule has 6 nitrogen and oxygen atoms in total. The molecular weight excluding hydrogens is 306 g/mol. The van der Waals surface area contributed by atoms with E-state index in [2.05, 4.69) is 11.2 Å². The van der Waals surface area contributed by atoms with Crippen LogP contribution in [0.15, 0.2) is 42.7 Å². The van der Waals surface area contributed by atoms with Crippen molar-refractivity contribution < 1.29 is 14.6 Å². The molecule has 1 aliphatic rings. The van der Waals surface area contributed by atoms with Crippen molar-refractivity contribution in [3.8, 4) is 0 Å². The molecule has 1 fully saturated rings. The van der Waals surface area contributed by atoms with Crippen LogP contribution in [0.4, 0.5) is 0 Å². The number of ether oxygens (including phenoxy) is 1. The Balaban J connectivity index is 1.70. The lowest BCUT2D eigenvalue weighted by molar-refractivity contribution is -0.158. The van der Waals surface area contributed by atoms with Crippen LogP contribution in [-0.2, 0) is 22.5 Å². The molecule has 128 valence electrons. The van der Waals surface area contributed by atoms with Gasteiger partial charge in [-0.1, -0.05) is 29.8 Å². The molecule has 0 radical (unpaired) electrons. The Morgan fingerprint density at radius 3 is 3.00 bits per heavy atom. The summed E-state index contributed by atoms with van der Waals surface area (Å²) in [5, 5.41) is 14.0. The highest BCUT2D eigenvalue weighted by molar-refractivity contribution is 5.76. The van der Waals surface area contributed by atoms with Crippen LogP contribution < -0.4 is 0 Å². The zero-order chi connectivity index (χ0) is 17.0. The highest BCUT2D eigenvalue weighted by atomic mass is 16.5. The maximum absolute atomic E-state index is 12.5. The second kappa shape index (κ2) is 7.15. The monoisotopic (exact) mass is 329 g/mol. The molecule has 2 heterocycles. The summed E-state index contributed by atoms with van der Waals surface area (Å²) in [6.07, 6.45) is 4.00. The van der Waals surface area contributed by atoms with Crippen LogP contribution in [0, 0.1) is 6.92 Å². The molecule has 1 aliphatic heterocycles. The van der Waals surface area contributed by atoms with E-state index in [4.69, 9.17) is 4.74 Å². The average molecular weight is 329 g/mol. The molecule has 1 saturated heterocycles. The van der Waals surface area contributed by atoms with Crippen molar-refractivity contribution in [2.75, 3.05) is 26.3 Å². The second-order valence-electron chi connectivity index (χ2n) is 6.37. The van der Waals surface area contributed by atoms with Crippen molar-refractivity contribution in [3.63, 3.8) is 0 Å². The molecule has 0 spiro atoms. The van der Waals surface area contributed by atoms with Gasteiger partial charge in [-0.2, -0.15) is 5.10 Å². The van der Waals surface area contributed by atoms with E-state index in [1.165, 1.54) is 5.56 Å². The van der Waals surface area contributed by atoms with Crippen molar-refractivity contribution in [3.05, 3.63) is 53.9 Å². The number of amides is 1. The van der Waals surface area contributed by atoms with Gasteiger partial charge in [0, 0.05) is 25.4 Å². The Labute approximate surface area is 141 Å². The first-order chi connectivity index (χ1) is 11.6. The van der Waals surface area contributed by atoms with Gasteiger partial charge in [-0.15, -0.1) is 0 Å². The largest absolute Gasteiger partial charge is 0.393 e. The molecule has 0 saturated carbocycles. The molecule has 1 aromatic carbocycles. The predicted molar refractivity (Wildman–Crippen MR) is 89.5 cm³/mol. The van der Waals surface area contributed by atoms with Crippen LogP contribution in [0.2, 0.25) is 0 Å². The van der Waals surface area contributed by atoms with Gasteiger partial charge in [-0.25, -0.2) is 0 Å². The standard InChI is InChI=1S/C18H23N3O3/c1-15-4-2-5-16(10-15)11-18(14-22)13-20(8-9-24-18)17(23)12-21-7-3-6-19-21/h2-7,10,22H,8-9,11-14H2,1H3/t18-/m1/s1. The molecule has 24 heavy (non-hydrogen) atoms. The topological polar surface area (TPSA) is 67.6 Å². The number of morpholine rings is 1. The van der Waals surface area contributed by atoms with Gasteiger partial charge in [0.1, 0.15) is 12.1 Å².